The second-order valence-electron chi connectivity index (χ2n) is 6.78. The highest BCUT2D eigenvalue weighted by molar-refractivity contribution is 6.36. The minimum absolute atomic E-state index is 0.00613. The number of amides is 1. The molecule has 7 nitrogen and oxygen atoms in total. The van der Waals surface area contributed by atoms with Crippen molar-refractivity contribution in [2.24, 2.45) is 0 Å². The van der Waals surface area contributed by atoms with E-state index in [9.17, 15) is 14.9 Å². The van der Waals surface area contributed by atoms with E-state index in [-0.39, 0.29) is 24.1 Å². The van der Waals surface area contributed by atoms with Gasteiger partial charge in [-0.2, -0.15) is 0 Å². The molecule has 30 heavy (non-hydrogen) atoms. The van der Waals surface area contributed by atoms with Crippen molar-refractivity contribution in [2.75, 3.05) is 7.05 Å². The zero-order valence-electron chi connectivity index (χ0n) is 16.3. The number of hydrogen-bond donors (Lipinski definition) is 0. The lowest BCUT2D eigenvalue weighted by Crippen LogP contribution is -2.29. The van der Waals surface area contributed by atoms with E-state index in [2.05, 4.69) is 4.98 Å². The van der Waals surface area contributed by atoms with Gasteiger partial charge in [0.1, 0.15) is 0 Å². The molecule has 9 heteroatoms. The number of benzene rings is 2. The van der Waals surface area contributed by atoms with Crippen LogP contribution in [-0.4, -0.2) is 27.8 Å². The molecule has 0 N–H and O–H groups in total. The molecule has 3 aromatic rings. The third-order valence-corrected chi connectivity index (χ3v) is 5.39. The minimum Gasteiger partial charge on any atom is -0.441 e. The normalized spacial score (nSPS) is 11.9. The fourth-order valence-electron chi connectivity index (χ4n) is 2.97. The van der Waals surface area contributed by atoms with Gasteiger partial charge in [-0.3, -0.25) is 14.9 Å². The number of nitrogens with zero attached hydrogens (tertiary/aromatic N) is 3. The molecule has 0 aliphatic heterocycles. The van der Waals surface area contributed by atoms with Gasteiger partial charge in [-0.05, 0) is 30.7 Å². The molecule has 0 fully saturated rings. The monoisotopic (exact) mass is 447 g/mol. The van der Waals surface area contributed by atoms with Gasteiger partial charge in [0.05, 0.1) is 22.2 Å². The van der Waals surface area contributed by atoms with Crippen LogP contribution in [0.3, 0.4) is 0 Å². The molecule has 1 amide bonds. The lowest BCUT2D eigenvalue weighted by molar-refractivity contribution is -0.384. The maximum Gasteiger partial charge on any atom is 0.269 e. The molecule has 1 aromatic heterocycles. The Bertz CT molecular complexity index is 1080. The summed E-state index contributed by atoms with van der Waals surface area (Å²) in [4.78, 5) is 28.9. The number of oxazole rings is 1. The highest BCUT2D eigenvalue weighted by Gasteiger charge is 2.20. The number of aromatic nitrogens is 1. The van der Waals surface area contributed by atoms with Crippen molar-refractivity contribution >= 4 is 34.8 Å². The number of nitro benzene ring substituents is 1. The van der Waals surface area contributed by atoms with Gasteiger partial charge in [-0.25, -0.2) is 4.98 Å². The van der Waals surface area contributed by atoms with Crippen LogP contribution in [0.15, 0.2) is 53.1 Å². The van der Waals surface area contributed by atoms with E-state index in [1.165, 1.54) is 12.1 Å². The summed E-state index contributed by atoms with van der Waals surface area (Å²) in [5.41, 5.74) is 1.35. The maximum absolute atomic E-state index is 12.6. The van der Waals surface area contributed by atoms with Crippen molar-refractivity contribution in [3.8, 4) is 11.3 Å². The van der Waals surface area contributed by atoms with E-state index in [1.54, 1.807) is 48.5 Å². The van der Waals surface area contributed by atoms with E-state index >= 15 is 0 Å². The molecular formula is C21H19Cl2N3O4. The predicted molar refractivity (Wildman–Crippen MR) is 115 cm³/mol. The van der Waals surface area contributed by atoms with Gasteiger partial charge in [0.25, 0.3) is 5.69 Å². The fraction of sp³-hybridized carbons (Fsp3) is 0.238. The number of hydrogen-bond acceptors (Lipinski definition) is 5. The Kier molecular flexibility index (Phi) is 6.74. The quantitative estimate of drug-likeness (QED) is 0.341. The highest BCUT2D eigenvalue weighted by Crippen LogP contribution is 2.31. The summed E-state index contributed by atoms with van der Waals surface area (Å²) in [7, 11) is 1.67. The molecule has 3 rings (SSSR count). The van der Waals surface area contributed by atoms with Gasteiger partial charge in [-0.1, -0.05) is 35.3 Å². The summed E-state index contributed by atoms with van der Waals surface area (Å²) in [6, 6.07) is 11.0. The van der Waals surface area contributed by atoms with Crippen molar-refractivity contribution < 1.29 is 14.1 Å². The zero-order valence-corrected chi connectivity index (χ0v) is 17.9. The standard InChI is InChI=1S/C21H19Cl2N3O4/c1-13(14-4-3-5-16(10-14)26(28)29)25(2)21(27)9-8-20-24-12-19(30-20)17-7-6-15(22)11-18(17)23/h3-7,10-13H,8-9H2,1-2H3/t13-/m1/s1. The Balaban J connectivity index is 1.63. The fourth-order valence-corrected chi connectivity index (χ4v) is 3.47. The number of nitro groups is 1. The Morgan fingerprint density at radius 1 is 1.27 bits per heavy atom. The molecule has 156 valence electrons. The van der Waals surface area contributed by atoms with Crippen LogP contribution in [0.25, 0.3) is 11.3 Å². The number of carbonyl (C=O) groups is 1. The van der Waals surface area contributed by atoms with Crippen molar-refractivity contribution in [1.82, 2.24) is 9.88 Å². The summed E-state index contributed by atoms with van der Waals surface area (Å²) in [6.07, 6.45) is 2.06. The van der Waals surface area contributed by atoms with Crippen molar-refractivity contribution in [3.63, 3.8) is 0 Å². The Morgan fingerprint density at radius 2 is 2.03 bits per heavy atom. The summed E-state index contributed by atoms with van der Waals surface area (Å²) >= 11 is 12.1. The lowest BCUT2D eigenvalue weighted by Gasteiger charge is -2.25. The van der Waals surface area contributed by atoms with Gasteiger partial charge in [0.2, 0.25) is 5.91 Å². The van der Waals surface area contributed by atoms with Gasteiger partial charge in [0, 0.05) is 42.6 Å². The molecule has 0 aliphatic rings. The third-order valence-electron chi connectivity index (χ3n) is 4.84. The van der Waals surface area contributed by atoms with Gasteiger partial charge < -0.3 is 9.32 Å². The molecule has 0 aliphatic carbocycles. The molecule has 0 radical (unpaired) electrons. The Hall–Kier alpha value is -2.90. The summed E-state index contributed by atoms with van der Waals surface area (Å²) in [5.74, 6) is 0.788. The Morgan fingerprint density at radius 3 is 2.73 bits per heavy atom. The second-order valence-corrected chi connectivity index (χ2v) is 7.62. The first-order valence-electron chi connectivity index (χ1n) is 9.16. The van der Waals surface area contributed by atoms with E-state index < -0.39 is 4.92 Å². The van der Waals surface area contributed by atoms with Crippen molar-refractivity contribution in [3.05, 3.63) is 80.3 Å². The highest BCUT2D eigenvalue weighted by atomic mass is 35.5. The van der Waals surface area contributed by atoms with Crippen LogP contribution < -0.4 is 0 Å². The zero-order chi connectivity index (χ0) is 21.8. The first-order chi connectivity index (χ1) is 14.3. The average molecular weight is 448 g/mol. The topological polar surface area (TPSA) is 89.5 Å². The van der Waals surface area contributed by atoms with Crippen LogP contribution in [0.5, 0.6) is 0 Å². The average Bonchev–Trinajstić information content (AvgIpc) is 3.19. The van der Waals surface area contributed by atoms with Gasteiger partial charge in [-0.15, -0.1) is 0 Å². The predicted octanol–water partition coefficient (Wildman–Crippen LogP) is 5.71. The first-order valence-corrected chi connectivity index (χ1v) is 9.92. The molecule has 1 atom stereocenters. The van der Waals surface area contributed by atoms with E-state index in [4.69, 9.17) is 27.6 Å². The van der Waals surface area contributed by atoms with Crippen LogP contribution in [0.1, 0.15) is 30.8 Å². The van der Waals surface area contributed by atoms with Crippen LogP contribution in [0, 0.1) is 10.1 Å². The lowest BCUT2D eigenvalue weighted by atomic mass is 10.1. The molecule has 0 unspecified atom stereocenters. The van der Waals surface area contributed by atoms with Crippen LogP contribution in [0.4, 0.5) is 5.69 Å². The number of carbonyl (C=O) groups excluding carboxylic acids is 1. The van der Waals surface area contributed by atoms with Crippen LogP contribution in [-0.2, 0) is 11.2 Å². The van der Waals surface area contributed by atoms with Crippen molar-refractivity contribution in [2.45, 2.75) is 25.8 Å². The number of rotatable bonds is 7. The van der Waals surface area contributed by atoms with Crippen LogP contribution >= 0.6 is 23.2 Å². The third kappa shape index (κ3) is 4.98. The minimum atomic E-state index is -0.453. The molecule has 0 saturated heterocycles. The smallest absolute Gasteiger partial charge is 0.269 e. The van der Waals surface area contributed by atoms with E-state index in [0.29, 0.717) is 39.2 Å². The second kappa shape index (κ2) is 9.28. The summed E-state index contributed by atoms with van der Waals surface area (Å²) in [5, 5.41) is 11.9. The SMILES string of the molecule is C[C@H](c1cccc([N+](=O)[O-])c1)N(C)C(=O)CCc1ncc(-c2ccc(Cl)cc2Cl)o1. The maximum atomic E-state index is 12.6. The molecule has 2 aromatic carbocycles. The molecule has 0 bridgehead atoms. The number of aryl methyl sites for hydroxylation is 1. The van der Waals surface area contributed by atoms with E-state index in [1.807, 2.05) is 6.92 Å². The Labute approximate surface area is 183 Å². The molecule has 0 spiro atoms. The van der Waals surface area contributed by atoms with E-state index in [0.717, 1.165) is 0 Å². The summed E-state index contributed by atoms with van der Waals surface area (Å²) < 4.78 is 5.72. The molecule has 0 saturated carbocycles. The van der Waals surface area contributed by atoms with Gasteiger partial charge >= 0.3 is 0 Å². The molecule has 1 heterocycles. The van der Waals surface area contributed by atoms with Crippen molar-refractivity contribution in [1.29, 1.82) is 0 Å². The number of non-ortho nitro benzene ring substituents is 1. The molecular weight excluding hydrogens is 429 g/mol. The number of halogens is 2. The van der Waals surface area contributed by atoms with Gasteiger partial charge in [0.15, 0.2) is 11.7 Å². The largest absolute Gasteiger partial charge is 0.441 e. The first kappa shape index (κ1) is 21.8. The summed E-state index contributed by atoms with van der Waals surface area (Å²) in [6.45, 7) is 1.82. The van der Waals surface area contributed by atoms with Crippen LogP contribution in [0.2, 0.25) is 10.0 Å².